The minimum Gasteiger partial charge on any atom is -0.496 e. The summed E-state index contributed by atoms with van der Waals surface area (Å²) in [4.78, 5) is 10.7. The molecule has 124 valence electrons. The number of hydrogen-bond acceptors (Lipinski definition) is 3. The Morgan fingerprint density at radius 1 is 0.840 bits per heavy atom. The van der Waals surface area contributed by atoms with Crippen molar-refractivity contribution in [3.8, 4) is 0 Å². The van der Waals surface area contributed by atoms with E-state index in [-0.39, 0.29) is 12.3 Å². The van der Waals surface area contributed by atoms with Crippen molar-refractivity contribution in [3.05, 3.63) is 118 Å². The molecular formula is C21H17NO3. The molecule has 0 spiro atoms. The predicted molar refractivity (Wildman–Crippen MR) is 97.8 cm³/mol. The van der Waals surface area contributed by atoms with E-state index >= 15 is 0 Å². The molecule has 3 rings (SSSR count). The van der Waals surface area contributed by atoms with Crippen molar-refractivity contribution in [1.82, 2.24) is 0 Å². The lowest BCUT2D eigenvalue weighted by Crippen LogP contribution is -1.97. The predicted octanol–water partition coefficient (Wildman–Crippen LogP) is 5.20. The Morgan fingerprint density at radius 3 is 1.92 bits per heavy atom. The fourth-order valence-electron chi connectivity index (χ4n) is 2.56. The molecule has 0 aliphatic rings. The molecule has 3 aromatic carbocycles. The zero-order valence-electron chi connectivity index (χ0n) is 13.5. The molecule has 0 unspecified atom stereocenters. The summed E-state index contributed by atoms with van der Waals surface area (Å²) in [7, 11) is 0. The molecule has 0 N–H and O–H groups in total. The van der Waals surface area contributed by atoms with Gasteiger partial charge >= 0.3 is 0 Å². The Labute approximate surface area is 146 Å². The molecule has 0 saturated carbocycles. The molecule has 25 heavy (non-hydrogen) atoms. The quantitative estimate of drug-likeness (QED) is 0.354. The number of nitro groups is 1. The van der Waals surface area contributed by atoms with E-state index in [2.05, 4.69) is 0 Å². The van der Waals surface area contributed by atoms with Crippen LogP contribution >= 0.6 is 0 Å². The Hall–Kier alpha value is -3.40. The first kappa shape index (κ1) is 16.5. The lowest BCUT2D eigenvalue weighted by molar-refractivity contribution is -0.385. The molecule has 0 aliphatic carbocycles. The third-order valence-corrected chi connectivity index (χ3v) is 3.80. The normalized spacial score (nSPS) is 10.1. The fraction of sp³-hybridized carbons (Fsp3) is 0.0476. The van der Waals surface area contributed by atoms with Crippen LogP contribution in [0.2, 0.25) is 0 Å². The van der Waals surface area contributed by atoms with Crippen LogP contribution in [0.15, 0.2) is 91.2 Å². The third kappa shape index (κ3) is 4.12. The van der Waals surface area contributed by atoms with E-state index in [0.29, 0.717) is 5.56 Å². The van der Waals surface area contributed by atoms with Crippen LogP contribution in [0.1, 0.15) is 16.7 Å². The van der Waals surface area contributed by atoms with Crippen LogP contribution in [0.5, 0.6) is 0 Å². The van der Waals surface area contributed by atoms with Crippen LogP contribution in [-0.2, 0) is 11.3 Å². The van der Waals surface area contributed by atoms with Gasteiger partial charge in [0.25, 0.3) is 5.69 Å². The van der Waals surface area contributed by atoms with Crippen LogP contribution < -0.4 is 0 Å². The Kier molecular flexibility index (Phi) is 5.22. The van der Waals surface area contributed by atoms with Gasteiger partial charge in [-0.1, -0.05) is 72.8 Å². The summed E-state index contributed by atoms with van der Waals surface area (Å²) in [6.07, 6.45) is 1.67. The van der Waals surface area contributed by atoms with E-state index in [1.807, 2.05) is 60.7 Å². The van der Waals surface area contributed by atoms with E-state index in [9.17, 15) is 10.1 Å². The number of benzene rings is 3. The lowest BCUT2D eigenvalue weighted by atomic mass is 9.99. The summed E-state index contributed by atoms with van der Waals surface area (Å²) in [5.41, 5.74) is 3.59. The van der Waals surface area contributed by atoms with Crippen molar-refractivity contribution < 1.29 is 9.66 Å². The largest absolute Gasteiger partial charge is 0.496 e. The zero-order chi connectivity index (χ0) is 17.5. The van der Waals surface area contributed by atoms with Crippen molar-refractivity contribution in [2.45, 2.75) is 6.61 Å². The maximum atomic E-state index is 11.1. The van der Waals surface area contributed by atoms with E-state index in [0.717, 1.165) is 16.7 Å². The van der Waals surface area contributed by atoms with Gasteiger partial charge in [-0.25, -0.2) is 0 Å². The molecule has 0 aliphatic heterocycles. The van der Waals surface area contributed by atoms with Gasteiger partial charge in [-0.15, -0.1) is 0 Å². The Bertz CT molecular complexity index is 832. The van der Waals surface area contributed by atoms with E-state index in [1.165, 1.54) is 6.07 Å². The minimum atomic E-state index is -0.391. The summed E-state index contributed by atoms with van der Waals surface area (Å²) in [6.45, 7) is 0.139. The van der Waals surface area contributed by atoms with Crippen molar-refractivity contribution in [3.63, 3.8) is 0 Å². The molecule has 0 aromatic heterocycles. The monoisotopic (exact) mass is 331 g/mol. The second-order valence-electron chi connectivity index (χ2n) is 5.46. The SMILES string of the molecule is O=[N+]([O-])c1ccccc1COC=C(c1ccccc1)c1ccccc1. The van der Waals surface area contributed by atoms with Crippen LogP contribution in [0.25, 0.3) is 5.57 Å². The van der Waals surface area contributed by atoms with E-state index in [4.69, 9.17) is 4.74 Å². The summed E-state index contributed by atoms with van der Waals surface area (Å²) in [5.74, 6) is 0. The minimum absolute atomic E-state index is 0.0665. The van der Waals surface area contributed by atoms with Gasteiger partial charge in [-0.3, -0.25) is 10.1 Å². The molecule has 0 heterocycles. The molecule has 0 radical (unpaired) electrons. The first-order valence-electron chi connectivity index (χ1n) is 7.90. The molecule has 0 amide bonds. The van der Waals surface area contributed by atoms with Crippen molar-refractivity contribution in [1.29, 1.82) is 0 Å². The molecule has 4 nitrogen and oxygen atoms in total. The average Bonchev–Trinajstić information content (AvgIpc) is 2.67. The number of nitrogens with zero attached hydrogens (tertiary/aromatic N) is 1. The average molecular weight is 331 g/mol. The van der Waals surface area contributed by atoms with Gasteiger partial charge in [0.05, 0.1) is 16.7 Å². The third-order valence-electron chi connectivity index (χ3n) is 3.80. The standard InChI is InChI=1S/C21H17NO3/c23-22(24)21-14-8-7-13-19(21)15-25-16-20(17-9-3-1-4-10-17)18-11-5-2-6-12-18/h1-14,16H,15H2. The van der Waals surface area contributed by atoms with Gasteiger partial charge in [0.1, 0.15) is 6.61 Å². The van der Waals surface area contributed by atoms with Gasteiger partial charge in [-0.2, -0.15) is 0 Å². The van der Waals surface area contributed by atoms with Crippen LogP contribution in [-0.4, -0.2) is 4.92 Å². The molecule has 0 saturated heterocycles. The highest BCUT2D eigenvalue weighted by Gasteiger charge is 2.12. The number of hydrogen-bond donors (Lipinski definition) is 0. The maximum Gasteiger partial charge on any atom is 0.276 e. The molecule has 0 bridgehead atoms. The Balaban J connectivity index is 1.87. The van der Waals surface area contributed by atoms with Crippen LogP contribution in [0.4, 0.5) is 5.69 Å². The smallest absolute Gasteiger partial charge is 0.276 e. The topological polar surface area (TPSA) is 52.4 Å². The fourth-order valence-corrected chi connectivity index (χ4v) is 2.56. The van der Waals surface area contributed by atoms with Gasteiger partial charge in [0.2, 0.25) is 0 Å². The van der Waals surface area contributed by atoms with Crippen LogP contribution in [0, 0.1) is 10.1 Å². The zero-order valence-corrected chi connectivity index (χ0v) is 13.5. The first-order chi connectivity index (χ1) is 12.3. The first-order valence-corrected chi connectivity index (χ1v) is 7.90. The molecule has 4 heteroatoms. The summed E-state index contributed by atoms with van der Waals surface area (Å²) in [5, 5.41) is 11.1. The maximum absolute atomic E-state index is 11.1. The second-order valence-corrected chi connectivity index (χ2v) is 5.46. The number of nitro benzene ring substituents is 1. The number of rotatable bonds is 6. The van der Waals surface area contributed by atoms with E-state index in [1.54, 1.807) is 24.5 Å². The van der Waals surface area contributed by atoms with Crippen LogP contribution in [0.3, 0.4) is 0 Å². The number of para-hydroxylation sites is 1. The highest BCUT2D eigenvalue weighted by molar-refractivity contribution is 5.78. The Morgan fingerprint density at radius 2 is 1.36 bits per heavy atom. The van der Waals surface area contributed by atoms with Crippen molar-refractivity contribution in [2.75, 3.05) is 0 Å². The van der Waals surface area contributed by atoms with E-state index < -0.39 is 4.92 Å². The summed E-state index contributed by atoms with van der Waals surface area (Å²) >= 11 is 0. The lowest BCUT2D eigenvalue weighted by Gasteiger charge is -2.09. The second kappa shape index (κ2) is 7.93. The molecule has 0 atom stereocenters. The summed E-state index contributed by atoms with van der Waals surface area (Å²) in [6, 6.07) is 26.4. The number of ether oxygens (including phenoxy) is 1. The molecule has 3 aromatic rings. The summed E-state index contributed by atoms with van der Waals surface area (Å²) < 4.78 is 5.72. The van der Waals surface area contributed by atoms with Gasteiger partial charge in [0, 0.05) is 11.6 Å². The van der Waals surface area contributed by atoms with Crippen molar-refractivity contribution in [2.24, 2.45) is 0 Å². The highest BCUT2D eigenvalue weighted by Crippen LogP contribution is 2.24. The van der Waals surface area contributed by atoms with Gasteiger partial charge in [0.15, 0.2) is 0 Å². The van der Waals surface area contributed by atoms with Crippen molar-refractivity contribution >= 4 is 11.3 Å². The highest BCUT2D eigenvalue weighted by atomic mass is 16.6. The van der Waals surface area contributed by atoms with Gasteiger partial charge < -0.3 is 4.74 Å². The molecule has 0 fully saturated rings. The molecular weight excluding hydrogens is 314 g/mol. The van der Waals surface area contributed by atoms with Gasteiger partial charge in [-0.05, 0) is 17.2 Å².